The largest absolute Gasteiger partial charge is 0.455 e. The van der Waals surface area contributed by atoms with E-state index in [1.54, 1.807) is 18.3 Å². The smallest absolute Gasteiger partial charge is 0.146 e. The summed E-state index contributed by atoms with van der Waals surface area (Å²) in [5.41, 5.74) is 2.41. The molecule has 1 aromatic carbocycles. The molecule has 0 bridgehead atoms. The summed E-state index contributed by atoms with van der Waals surface area (Å²) in [6, 6.07) is 6.67. The number of aryl methyl sites for hydroxylation is 2. The minimum atomic E-state index is -0.370. The summed E-state index contributed by atoms with van der Waals surface area (Å²) in [6.45, 7) is 8.10. The predicted molar refractivity (Wildman–Crippen MR) is 80.2 cm³/mol. The molecule has 0 saturated carbocycles. The van der Waals surface area contributed by atoms with Crippen molar-refractivity contribution < 1.29 is 13.9 Å². The van der Waals surface area contributed by atoms with Gasteiger partial charge in [-0.25, -0.2) is 4.39 Å². The molecule has 1 heterocycles. The summed E-state index contributed by atoms with van der Waals surface area (Å²) in [7, 11) is 0. The fourth-order valence-electron chi connectivity index (χ4n) is 2.13. The lowest BCUT2D eigenvalue weighted by atomic mass is 10.1. The topological polar surface area (TPSA) is 31.4 Å². The van der Waals surface area contributed by atoms with E-state index in [1.807, 2.05) is 33.8 Å². The van der Waals surface area contributed by atoms with Crippen molar-refractivity contribution in [1.82, 2.24) is 4.98 Å². The Balaban J connectivity index is 2.35. The van der Waals surface area contributed by atoms with Crippen LogP contribution in [0.3, 0.4) is 0 Å². The minimum absolute atomic E-state index is 0.328. The van der Waals surface area contributed by atoms with Crippen molar-refractivity contribution in [3.8, 4) is 11.5 Å². The molecule has 21 heavy (non-hydrogen) atoms. The van der Waals surface area contributed by atoms with Crippen molar-refractivity contribution in [3.05, 3.63) is 53.1 Å². The molecule has 2 aromatic rings. The van der Waals surface area contributed by atoms with Crippen molar-refractivity contribution in [2.24, 2.45) is 0 Å². The highest BCUT2D eigenvalue weighted by Crippen LogP contribution is 2.33. The molecule has 2 rings (SSSR count). The van der Waals surface area contributed by atoms with Gasteiger partial charge in [0.05, 0.1) is 17.9 Å². The lowest BCUT2D eigenvalue weighted by Crippen LogP contribution is -2.05. The van der Waals surface area contributed by atoms with Crippen molar-refractivity contribution >= 4 is 0 Å². The molecule has 1 aromatic heterocycles. The number of rotatable bonds is 5. The molecular formula is C17H20FNO2. The van der Waals surface area contributed by atoms with Crippen LogP contribution in [0.15, 0.2) is 30.5 Å². The van der Waals surface area contributed by atoms with Gasteiger partial charge in [0, 0.05) is 12.3 Å². The molecule has 3 nitrogen and oxygen atoms in total. The van der Waals surface area contributed by atoms with E-state index in [1.165, 1.54) is 6.07 Å². The molecule has 0 aliphatic rings. The van der Waals surface area contributed by atoms with Gasteiger partial charge < -0.3 is 9.47 Å². The van der Waals surface area contributed by atoms with Gasteiger partial charge in [-0.2, -0.15) is 0 Å². The molecule has 0 radical (unpaired) electrons. The van der Waals surface area contributed by atoms with Crippen LogP contribution in [0.5, 0.6) is 11.5 Å². The maximum absolute atomic E-state index is 14.1. The van der Waals surface area contributed by atoms with E-state index < -0.39 is 0 Å². The van der Waals surface area contributed by atoms with Crippen LogP contribution in [0.25, 0.3) is 0 Å². The lowest BCUT2D eigenvalue weighted by Gasteiger charge is -2.17. The molecule has 0 N–H and O–H groups in total. The summed E-state index contributed by atoms with van der Waals surface area (Å²) >= 11 is 0. The van der Waals surface area contributed by atoms with E-state index in [2.05, 4.69) is 4.98 Å². The summed E-state index contributed by atoms with van der Waals surface area (Å²) < 4.78 is 25.4. The number of hydrogen-bond donors (Lipinski definition) is 0. The fourth-order valence-corrected chi connectivity index (χ4v) is 2.13. The number of hydrogen-bond acceptors (Lipinski definition) is 3. The first-order chi connectivity index (χ1) is 10.0. The lowest BCUT2D eigenvalue weighted by molar-refractivity contribution is 0.0722. The molecule has 0 fully saturated rings. The average Bonchev–Trinajstić information content (AvgIpc) is 2.43. The zero-order valence-corrected chi connectivity index (χ0v) is 12.8. The Hall–Kier alpha value is -1.94. The van der Waals surface area contributed by atoms with Gasteiger partial charge >= 0.3 is 0 Å². The van der Waals surface area contributed by atoms with E-state index in [0.29, 0.717) is 23.7 Å². The van der Waals surface area contributed by atoms with Gasteiger partial charge in [-0.15, -0.1) is 0 Å². The van der Waals surface area contributed by atoms with Crippen LogP contribution in [0, 0.1) is 19.7 Å². The summed E-state index contributed by atoms with van der Waals surface area (Å²) in [4.78, 5) is 4.26. The zero-order valence-electron chi connectivity index (χ0n) is 12.8. The molecule has 0 aliphatic heterocycles. The van der Waals surface area contributed by atoms with E-state index in [9.17, 15) is 4.39 Å². The van der Waals surface area contributed by atoms with Gasteiger partial charge in [-0.1, -0.05) is 6.07 Å². The van der Waals surface area contributed by atoms with Crippen LogP contribution in [0.2, 0.25) is 0 Å². The third-order valence-corrected chi connectivity index (χ3v) is 3.38. The van der Waals surface area contributed by atoms with Crippen molar-refractivity contribution in [1.29, 1.82) is 0 Å². The SMILES string of the molecule is CCOC(C)c1c(F)cccc1Oc1cnc(C)c(C)c1. The molecule has 0 spiro atoms. The van der Waals surface area contributed by atoms with Crippen molar-refractivity contribution in [3.63, 3.8) is 0 Å². The normalized spacial score (nSPS) is 12.2. The van der Waals surface area contributed by atoms with E-state index in [0.717, 1.165) is 11.3 Å². The number of pyridine rings is 1. The Morgan fingerprint density at radius 2 is 2.05 bits per heavy atom. The van der Waals surface area contributed by atoms with Gasteiger partial charge in [0.15, 0.2) is 0 Å². The summed E-state index contributed by atoms with van der Waals surface area (Å²) in [6.07, 6.45) is 1.27. The minimum Gasteiger partial charge on any atom is -0.455 e. The second-order valence-corrected chi connectivity index (χ2v) is 4.92. The Labute approximate surface area is 124 Å². The van der Waals surface area contributed by atoms with Crippen LogP contribution in [-0.2, 0) is 4.74 Å². The third kappa shape index (κ3) is 3.58. The number of nitrogens with zero attached hydrogens (tertiary/aromatic N) is 1. The van der Waals surface area contributed by atoms with E-state index in [4.69, 9.17) is 9.47 Å². The highest BCUT2D eigenvalue weighted by Gasteiger charge is 2.17. The van der Waals surface area contributed by atoms with Crippen LogP contribution in [0.4, 0.5) is 4.39 Å². The van der Waals surface area contributed by atoms with Gasteiger partial charge in [0.2, 0.25) is 0 Å². The van der Waals surface area contributed by atoms with Gasteiger partial charge in [0.25, 0.3) is 0 Å². The van der Waals surface area contributed by atoms with E-state index in [-0.39, 0.29) is 11.9 Å². The molecule has 4 heteroatoms. The van der Waals surface area contributed by atoms with Crippen LogP contribution in [-0.4, -0.2) is 11.6 Å². The first-order valence-electron chi connectivity index (χ1n) is 7.04. The average molecular weight is 289 g/mol. The van der Waals surface area contributed by atoms with E-state index >= 15 is 0 Å². The number of halogens is 1. The van der Waals surface area contributed by atoms with Crippen LogP contribution >= 0.6 is 0 Å². The number of aromatic nitrogens is 1. The van der Waals surface area contributed by atoms with Crippen molar-refractivity contribution in [2.75, 3.05) is 6.61 Å². The molecule has 0 amide bonds. The Bertz CT molecular complexity index is 628. The second kappa shape index (κ2) is 6.68. The first kappa shape index (κ1) is 15.4. The maximum atomic E-state index is 14.1. The Kier molecular flexibility index (Phi) is 4.91. The van der Waals surface area contributed by atoms with Gasteiger partial charge in [0.1, 0.15) is 17.3 Å². The number of ether oxygens (including phenoxy) is 2. The third-order valence-electron chi connectivity index (χ3n) is 3.38. The Morgan fingerprint density at radius 3 is 2.71 bits per heavy atom. The first-order valence-corrected chi connectivity index (χ1v) is 7.04. The highest BCUT2D eigenvalue weighted by atomic mass is 19.1. The number of benzene rings is 1. The van der Waals surface area contributed by atoms with Crippen LogP contribution in [0.1, 0.15) is 36.8 Å². The zero-order chi connectivity index (χ0) is 15.4. The van der Waals surface area contributed by atoms with Gasteiger partial charge in [-0.05, 0) is 51.5 Å². The Morgan fingerprint density at radius 1 is 1.29 bits per heavy atom. The molecule has 0 saturated heterocycles. The highest BCUT2D eigenvalue weighted by molar-refractivity contribution is 5.40. The summed E-state index contributed by atoms with van der Waals surface area (Å²) in [5.74, 6) is 0.722. The maximum Gasteiger partial charge on any atom is 0.146 e. The van der Waals surface area contributed by atoms with Crippen molar-refractivity contribution in [2.45, 2.75) is 33.8 Å². The molecule has 1 unspecified atom stereocenters. The molecule has 112 valence electrons. The second-order valence-electron chi connectivity index (χ2n) is 4.92. The monoisotopic (exact) mass is 289 g/mol. The summed E-state index contributed by atoms with van der Waals surface area (Å²) in [5, 5.41) is 0. The standard InChI is InChI=1S/C17H20FNO2/c1-5-20-13(4)17-15(18)7-6-8-16(17)21-14-9-11(2)12(3)19-10-14/h6-10,13H,5H2,1-4H3. The molecular weight excluding hydrogens is 269 g/mol. The predicted octanol–water partition coefficient (Wildman–Crippen LogP) is 4.73. The van der Waals surface area contributed by atoms with Gasteiger partial charge in [-0.3, -0.25) is 4.98 Å². The van der Waals surface area contributed by atoms with Crippen LogP contribution < -0.4 is 4.74 Å². The quantitative estimate of drug-likeness (QED) is 0.797. The fraction of sp³-hybridized carbons (Fsp3) is 0.353. The molecule has 0 aliphatic carbocycles. The molecule has 1 atom stereocenters.